The van der Waals surface area contributed by atoms with Gasteiger partial charge in [-0.25, -0.2) is 9.97 Å². The zero-order valence-electron chi connectivity index (χ0n) is 7.12. The first-order chi connectivity index (χ1) is 6.65. The van der Waals surface area contributed by atoms with Crippen LogP contribution in [-0.4, -0.2) is 14.5 Å². The summed E-state index contributed by atoms with van der Waals surface area (Å²) in [4.78, 5) is 8.15. The molecule has 0 atom stereocenters. The number of rotatable bonds is 0. The average molecular weight is 272 g/mol. The van der Waals surface area contributed by atoms with Crippen LogP contribution in [0.3, 0.4) is 0 Å². The first-order valence-electron chi connectivity index (χ1n) is 3.71. The summed E-state index contributed by atoms with van der Waals surface area (Å²) in [6, 6.07) is 2.04. The lowest BCUT2D eigenvalue weighted by molar-refractivity contribution is 0.911. The average Bonchev–Trinajstić information content (AvgIpc) is 2.45. The third-order valence-corrected chi connectivity index (χ3v) is 2.91. The Kier molecular flexibility index (Phi) is 2.17. The van der Waals surface area contributed by atoms with Gasteiger partial charge in [0.05, 0.1) is 10.6 Å². The van der Waals surface area contributed by atoms with E-state index in [1.54, 1.807) is 11.6 Å². The van der Waals surface area contributed by atoms with Crippen molar-refractivity contribution in [2.75, 3.05) is 0 Å². The second-order valence-electron chi connectivity index (χ2n) is 2.71. The van der Waals surface area contributed by atoms with Crippen LogP contribution in [0.15, 0.2) is 10.9 Å². The van der Waals surface area contributed by atoms with Gasteiger partial charge in [0.2, 0.25) is 0 Å². The molecule has 0 aliphatic rings. The van der Waals surface area contributed by atoms with Gasteiger partial charge in [-0.2, -0.15) is 5.26 Å². The quantitative estimate of drug-likeness (QED) is 0.738. The van der Waals surface area contributed by atoms with Gasteiger partial charge in [-0.1, -0.05) is 11.6 Å². The lowest BCUT2D eigenvalue weighted by Gasteiger charge is -1.98. The zero-order chi connectivity index (χ0) is 10.3. The van der Waals surface area contributed by atoms with E-state index in [9.17, 15) is 0 Å². The number of hydrogen-bond donors (Lipinski definition) is 0. The molecule has 14 heavy (non-hydrogen) atoms. The van der Waals surface area contributed by atoms with Crippen molar-refractivity contribution in [3.8, 4) is 6.07 Å². The minimum Gasteiger partial charge on any atom is -0.319 e. The van der Waals surface area contributed by atoms with Crippen molar-refractivity contribution in [3.63, 3.8) is 0 Å². The molecule has 0 fully saturated rings. The van der Waals surface area contributed by atoms with Crippen LogP contribution in [0, 0.1) is 11.3 Å². The SMILES string of the molecule is Cn1c(Br)nc2ncc(Cl)c(C#N)c21. The van der Waals surface area contributed by atoms with E-state index in [0.717, 1.165) is 0 Å². The maximum Gasteiger partial charge on any atom is 0.180 e. The van der Waals surface area contributed by atoms with Crippen molar-refractivity contribution < 1.29 is 0 Å². The summed E-state index contributed by atoms with van der Waals surface area (Å²) in [7, 11) is 1.79. The van der Waals surface area contributed by atoms with E-state index < -0.39 is 0 Å². The smallest absolute Gasteiger partial charge is 0.180 e. The Balaban J connectivity index is 3.01. The van der Waals surface area contributed by atoms with Crippen LogP contribution >= 0.6 is 27.5 Å². The molecule has 70 valence electrons. The highest BCUT2D eigenvalue weighted by atomic mass is 79.9. The third-order valence-electron chi connectivity index (χ3n) is 1.91. The lowest BCUT2D eigenvalue weighted by atomic mass is 10.2. The van der Waals surface area contributed by atoms with Crippen LogP contribution in [0.5, 0.6) is 0 Å². The molecule has 2 aromatic heterocycles. The number of aromatic nitrogens is 3. The molecule has 0 radical (unpaired) electrons. The van der Waals surface area contributed by atoms with Gasteiger partial charge in [0.1, 0.15) is 11.6 Å². The summed E-state index contributed by atoms with van der Waals surface area (Å²) >= 11 is 9.10. The van der Waals surface area contributed by atoms with Gasteiger partial charge in [0.25, 0.3) is 0 Å². The summed E-state index contributed by atoms with van der Waals surface area (Å²) in [5, 5.41) is 9.27. The topological polar surface area (TPSA) is 54.5 Å². The van der Waals surface area contributed by atoms with Gasteiger partial charge < -0.3 is 4.57 Å². The first kappa shape index (κ1) is 9.44. The van der Waals surface area contributed by atoms with Gasteiger partial charge in [-0.15, -0.1) is 0 Å². The minimum absolute atomic E-state index is 0.343. The monoisotopic (exact) mass is 270 g/mol. The van der Waals surface area contributed by atoms with Crippen LogP contribution in [0.1, 0.15) is 5.56 Å². The van der Waals surface area contributed by atoms with Gasteiger partial charge in [-0.3, -0.25) is 0 Å². The molecule has 0 aliphatic heterocycles. The zero-order valence-corrected chi connectivity index (χ0v) is 9.46. The molecule has 0 spiro atoms. The Morgan fingerprint density at radius 3 is 3.00 bits per heavy atom. The Hall–Kier alpha value is -1.12. The lowest BCUT2D eigenvalue weighted by Crippen LogP contribution is -1.92. The summed E-state index contributed by atoms with van der Waals surface area (Å²) in [6.45, 7) is 0. The van der Waals surface area contributed by atoms with Crippen molar-refractivity contribution in [3.05, 3.63) is 21.5 Å². The second kappa shape index (κ2) is 3.23. The standard InChI is InChI=1S/C8H4BrClN4/c1-14-6-4(2-11)5(10)3-12-7(6)13-8(14)9/h3H,1H3. The molecule has 0 amide bonds. The molecule has 0 bridgehead atoms. The highest BCUT2D eigenvalue weighted by Gasteiger charge is 2.13. The van der Waals surface area contributed by atoms with Gasteiger partial charge >= 0.3 is 0 Å². The normalized spacial score (nSPS) is 10.4. The molecular weight excluding hydrogens is 267 g/mol. The number of imidazole rings is 1. The molecule has 2 heterocycles. The van der Waals surface area contributed by atoms with Crippen LogP contribution < -0.4 is 0 Å². The summed E-state index contributed by atoms with van der Waals surface area (Å²) in [5.74, 6) is 0. The largest absolute Gasteiger partial charge is 0.319 e. The van der Waals surface area contributed by atoms with Crippen LogP contribution in [-0.2, 0) is 7.05 Å². The predicted octanol–water partition coefficient (Wildman–Crippen LogP) is 2.26. The van der Waals surface area contributed by atoms with E-state index in [0.29, 0.717) is 26.5 Å². The van der Waals surface area contributed by atoms with Crippen molar-refractivity contribution >= 4 is 38.7 Å². The van der Waals surface area contributed by atoms with Crippen molar-refractivity contribution in [1.82, 2.24) is 14.5 Å². The molecule has 0 unspecified atom stereocenters. The second-order valence-corrected chi connectivity index (χ2v) is 3.82. The highest BCUT2D eigenvalue weighted by Crippen LogP contribution is 2.25. The first-order valence-corrected chi connectivity index (χ1v) is 4.88. The minimum atomic E-state index is 0.343. The molecule has 0 saturated heterocycles. The molecule has 0 aromatic carbocycles. The van der Waals surface area contributed by atoms with E-state index in [4.69, 9.17) is 16.9 Å². The fourth-order valence-corrected chi connectivity index (χ4v) is 1.75. The Morgan fingerprint density at radius 1 is 1.64 bits per heavy atom. The summed E-state index contributed by atoms with van der Waals surface area (Å²) < 4.78 is 2.35. The molecule has 0 aliphatic carbocycles. The van der Waals surface area contributed by atoms with Gasteiger partial charge in [-0.05, 0) is 15.9 Å². The highest BCUT2D eigenvalue weighted by molar-refractivity contribution is 9.10. The van der Waals surface area contributed by atoms with Crippen LogP contribution in [0.2, 0.25) is 5.02 Å². The fourth-order valence-electron chi connectivity index (χ4n) is 1.23. The van der Waals surface area contributed by atoms with Gasteiger partial charge in [0.15, 0.2) is 10.4 Å². The van der Waals surface area contributed by atoms with E-state index in [-0.39, 0.29) is 0 Å². The van der Waals surface area contributed by atoms with E-state index in [1.807, 2.05) is 6.07 Å². The number of fused-ring (bicyclic) bond motifs is 1. The Labute approximate surface area is 93.3 Å². The van der Waals surface area contributed by atoms with E-state index in [2.05, 4.69) is 25.9 Å². The Bertz CT molecular complexity index is 554. The summed E-state index contributed by atoms with van der Waals surface area (Å²) in [5.41, 5.74) is 1.56. The molecule has 2 rings (SSSR count). The number of nitrogens with zero attached hydrogens (tertiary/aromatic N) is 4. The third kappa shape index (κ3) is 1.19. The fraction of sp³-hybridized carbons (Fsp3) is 0.125. The number of halogens is 2. The molecule has 0 saturated carbocycles. The van der Waals surface area contributed by atoms with Gasteiger partial charge in [0, 0.05) is 13.2 Å². The molecule has 6 heteroatoms. The molecule has 0 N–H and O–H groups in total. The maximum absolute atomic E-state index is 8.93. The van der Waals surface area contributed by atoms with Crippen molar-refractivity contribution in [2.45, 2.75) is 0 Å². The number of aryl methyl sites for hydroxylation is 1. The van der Waals surface area contributed by atoms with Crippen LogP contribution in [0.4, 0.5) is 0 Å². The van der Waals surface area contributed by atoms with Crippen molar-refractivity contribution in [1.29, 1.82) is 5.26 Å². The summed E-state index contributed by atoms with van der Waals surface area (Å²) in [6.07, 6.45) is 1.43. The molecule has 4 nitrogen and oxygen atoms in total. The van der Waals surface area contributed by atoms with Crippen LogP contribution in [0.25, 0.3) is 11.2 Å². The van der Waals surface area contributed by atoms with Crippen molar-refractivity contribution in [2.24, 2.45) is 7.05 Å². The molecule has 2 aromatic rings. The Morgan fingerprint density at radius 2 is 2.36 bits per heavy atom. The van der Waals surface area contributed by atoms with E-state index in [1.165, 1.54) is 6.20 Å². The molecular formula is C8H4BrClN4. The predicted molar refractivity (Wildman–Crippen MR) is 55.9 cm³/mol. The maximum atomic E-state index is 8.93. The van der Waals surface area contributed by atoms with E-state index >= 15 is 0 Å². The number of nitriles is 1. The number of hydrogen-bond acceptors (Lipinski definition) is 3. The number of pyridine rings is 1.